The summed E-state index contributed by atoms with van der Waals surface area (Å²) in [5.41, 5.74) is 0. The molecule has 4 aliphatic rings. The third kappa shape index (κ3) is 1.39. The molecule has 5 atom stereocenters. The Kier molecular flexibility index (Phi) is 2.35. The zero-order valence-corrected chi connectivity index (χ0v) is 11.0. The Bertz CT molecular complexity index is 515. The van der Waals surface area contributed by atoms with Gasteiger partial charge >= 0.3 is 0 Å². The molecule has 0 aromatic rings. The molecule has 2 saturated heterocycles. The van der Waals surface area contributed by atoms with Gasteiger partial charge in [0.1, 0.15) is 6.04 Å². The number of nitrogens with zero attached hydrogens (tertiary/aromatic N) is 1. The van der Waals surface area contributed by atoms with Gasteiger partial charge in [0, 0.05) is 6.42 Å². The molecule has 2 heterocycles. The van der Waals surface area contributed by atoms with Crippen LogP contribution in [0, 0.1) is 23.7 Å². The molecule has 5 unspecified atom stereocenters. The van der Waals surface area contributed by atoms with Gasteiger partial charge in [-0.15, -0.1) is 0 Å². The summed E-state index contributed by atoms with van der Waals surface area (Å²) in [6, 6.07) is -0.780. The summed E-state index contributed by atoms with van der Waals surface area (Å²) in [6.07, 6.45) is 3.48. The predicted molar refractivity (Wildman–Crippen MR) is 65.8 cm³/mol. The number of piperidine rings is 1. The molecule has 1 N–H and O–H groups in total. The van der Waals surface area contributed by atoms with Crippen LogP contribution in [0.2, 0.25) is 0 Å². The van der Waals surface area contributed by atoms with E-state index in [4.69, 9.17) is 0 Å². The van der Waals surface area contributed by atoms with E-state index in [-0.39, 0.29) is 42.4 Å². The third-order valence-corrected chi connectivity index (χ3v) is 5.48. The highest BCUT2D eigenvalue weighted by molar-refractivity contribution is 6.11. The molecule has 2 saturated carbocycles. The zero-order chi connectivity index (χ0) is 14.0. The zero-order valence-electron chi connectivity index (χ0n) is 11.0. The van der Waals surface area contributed by atoms with Gasteiger partial charge in [-0.05, 0) is 37.5 Å². The van der Waals surface area contributed by atoms with E-state index in [1.165, 1.54) is 4.90 Å². The van der Waals surface area contributed by atoms with Gasteiger partial charge in [0.05, 0.1) is 11.8 Å². The average Bonchev–Trinajstić information content (AvgIpc) is 3.06. The molecule has 20 heavy (non-hydrogen) atoms. The van der Waals surface area contributed by atoms with Crippen LogP contribution in [-0.4, -0.2) is 34.6 Å². The number of fused-ring (bicyclic) bond motifs is 5. The van der Waals surface area contributed by atoms with Gasteiger partial charge in [0.15, 0.2) is 0 Å². The summed E-state index contributed by atoms with van der Waals surface area (Å²) >= 11 is 0. The number of amides is 4. The van der Waals surface area contributed by atoms with Crippen molar-refractivity contribution in [3.63, 3.8) is 0 Å². The molecule has 2 bridgehead atoms. The minimum atomic E-state index is -0.780. The lowest BCUT2D eigenvalue weighted by atomic mass is 9.81. The highest BCUT2D eigenvalue weighted by Gasteiger charge is 2.62. The Balaban J connectivity index is 1.64. The van der Waals surface area contributed by atoms with Crippen molar-refractivity contribution >= 4 is 23.6 Å². The number of rotatable bonds is 1. The van der Waals surface area contributed by atoms with E-state index in [1.807, 2.05) is 0 Å². The van der Waals surface area contributed by atoms with E-state index in [0.717, 1.165) is 19.3 Å². The molecule has 4 rings (SSSR count). The van der Waals surface area contributed by atoms with Gasteiger partial charge in [-0.25, -0.2) is 0 Å². The molecule has 0 aromatic heterocycles. The molecule has 6 nitrogen and oxygen atoms in total. The second-order valence-corrected chi connectivity index (χ2v) is 6.40. The van der Waals surface area contributed by atoms with Crippen LogP contribution in [-0.2, 0) is 19.2 Å². The molecule has 0 spiro atoms. The maximum Gasteiger partial charge on any atom is 0.249 e. The van der Waals surface area contributed by atoms with Crippen molar-refractivity contribution in [2.45, 2.75) is 38.1 Å². The topological polar surface area (TPSA) is 83.6 Å². The van der Waals surface area contributed by atoms with Crippen molar-refractivity contribution in [3.8, 4) is 0 Å². The number of imide groups is 2. The van der Waals surface area contributed by atoms with E-state index in [9.17, 15) is 19.2 Å². The van der Waals surface area contributed by atoms with Crippen LogP contribution in [0.1, 0.15) is 32.1 Å². The monoisotopic (exact) mass is 276 g/mol. The number of nitrogens with one attached hydrogen (secondary N) is 1. The highest BCUT2D eigenvalue weighted by atomic mass is 16.2. The maximum atomic E-state index is 12.6. The summed E-state index contributed by atoms with van der Waals surface area (Å²) in [5, 5.41) is 2.23. The lowest BCUT2D eigenvalue weighted by Crippen LogP contribution is -2.54. The van der Waals surface area contributed by atoms with Gasteiger partial charge in [-0.2, -0.15) is 0 Å². The summed E-state index contributed by atoms with van der Waals surface area (Å²) in [5.74, 6) is -0.956. The Morgan fingerprint density at radius 1 is 0.900 bits per heavy atom. The predicted octanol–water partition coefficient (Wildman–Crippen LogP) is -0.177. The van der Waals surface area contributed by atoms with Gasteiger partial charge in [0.2, 0.25) is 23.6 Å². The number of hydrogen-bond donors (Lipinski definition) is 1. The minimum Gasteiger partial charge on any atom is -0.295 e. The fraction of sp³-hybridized carbons (Fsp3) is 0.714. The first-order valence-electron chi connectivity index (χ1n) is 7.28. The Morgan fingerprint density at radius 2 is 1.50 bits per heavy atom. The molecule has 2 aliphatic carbocycles. The number of carbonyl (C=O) groups is 4. The van der Waals surface area contributed by atoms with Crippen LogP contribution < -0.4 is 5.32 Å². The van der Waals surface area contributed by atoms with Crippen LogP contribution in [0.3, 0.4) is 0 Å². The van der Waals surface area contributed by atoms with Crippen LogP contribution in [0.25, 0.3) is 0 Å². The molecule has 2 aliphatic heterocycles. The normalized spacial score (nSPS) is 43.2. The molecule has 106 valence electrons. The van der Waals surface area contributed by atoms with Crippen molar-refractivity contribution < 1.29 is 19.2 Å². The van der Waals surface area contributed by atoms with E-state index >= 15 is 0 Å². The lowest BCUT2D eigenvalue weighted by Gasteiger charge is -2.29. The average molecular weight is 276 g/mol. The fourth-order valence-electron chi connectivity index (χ4n) is 4.67. The number of carbonyl (C=O) groups excluding carboxylic acids is 4. The molecular weight excluding hydrogens is 260 g/mol. The van der Waals surface area contributed by atoms with E-state index in [0.29, 0.717) is 11.8 Å². The van der Waals surface area contributed by atoms with Crippen molar-refractivity contribution in [3.05, 3.63) is 0 Å². The van der Waals surface area contributed by atoms with Crippen molar-refractivity contribution in [2.75, 3.05) is 0 Å². The van der Waals surface area contributed by atoms with Crippen LogP contribution >= 0.6 is 0 Å². The Labute approximate surface area is 115 Å². The summed E-state index contributed by atoms with van der Waals surface area (Å²) in [6.45, 7) is 0. The van der Waals surface area contributed by atoms with Crippen LogP contribution in [0.5, 0.6) is 0 Å². The molecule has 4 fully saturated rings. The van der Waals surface area contributed by atoms with Crippen molar-refractivity contribution in [2.24, 2.45) is 23.7 Å². The Morgan fingerprint density at radius 3 is 2.05 bits per heavy atom. The van der Waals surface area contributed by atoms with Crippen molar-refractivity contribution in [1.29, 1.82) is 0 Å². The standard InChI is InChI=1S/C14H16N2O4/c17-9-4-3-8(12(18)15-9)16-13(19)10-6-1-2-7(5-6)11(10)14(16)20/h6-8,10-11H,1-5H2,(H,15,17,18). The quantitative estimate of drug-likeness (QED) is 0.674. The van der Waals surface area contributed by atoms with Gasteiger partial charge in [-0.1, -0.05) is 0 Å². The van der Waals surface area contributed by atoms with Gasteiger partial charge in [0.25, 0.3) is 0 Å². The van der Waals surface area contributed by atoms with E-state index in [2.05, 4.69) is 5.32 Å². The first-order valence-corrected chi connectivity index (χ1v) is 7.28. The van der Waals surface area contributed by atoms with Crippen LogP contribution in [0.4, 0.5) is 0 Å². The first kappa shape index (κ1) is 12.1. The molecule has 6 heteroatoms. The lowest BCUT2D eigenvalue weighted by molar-refractivity contribution is -0.152. The van der Waals surface area contributed by atoms with E-state index in [1.54, 1.807) is 0 Å². The highest BCUT2D eigenvalue weighted by Crippen LogP contribution is 2.56. The fourth-order valence-corrected chi connectivity index (χ4v) is 4.67. The number of likely N-dealkylation sites (tertiary alicyclic amines) is 1. The molecule has 4 amide bonds. The second-order valence-electron chi connectivity index (χ2n) is 6.40. The smallest absolute Gasteiger partial charge is 0.249 e. The molecular formula is C14H16N2O4. The SMILES string of the molecule is O=C1CCC(N2C(=O)C3C4CCC(C4)C3C2=O)C(=O)N1. The second kappa shape index (κ2) is 3.90. The largest absolute Gasteiger partial charge is 0.295 e. The molecule has 0 radical (unpaired) electrons. The third-order valence-electron chi connectivity index (χ3n) is 5.48. The summed E-state index contributed by atoms with van der Waals surface area (Å²) in [7, 11) is 0. The van der Waals surface area contributed by atoms with Crippen molar-refractivity contribution in [1.82, 2.24) is 10.2 Å². The summed E-state index contributed by atoms with van der Waals surface area (Å²) in [4.78, 5) is 49.4. The minimum absolute atomic E-state index is 0.179. The Hall–Kier alpha value is -1.72. The summed E-state index contributed by atoms with van der Waals surface area (Å²) < 4.78 is 0. The first-order chi connectivity index (χ1) is 9.58. The number of hydrogen-bond acceptors (Lipinski definition) is 4. The molecule has 0 aromatic carbocycles. The van der Waals surface area contributed by atoms with Crippen LogP contribution in [0.15, 0.2) is 0 Å². The maximum absolute atomic E-state index is 12.6. The van der Waals surface area contributed by atoms with Gasteiger partial charge < -0.3 is 0 Å². The van der Waals surface area contributed by atoms with E-state index < -0.39 is 11.9 Å². The van der Waals surface area contributed by atoms with Gasteiger partial charge in [-0.3, -0.25) is 29.4 Å².